The normalized spacial score (nSPS) is 19.2. The minimum absolute atomic E-state index is 0.0536. The van der Waals surface area contributed by atoms with Crippen LogP contribution in [0.15, 0.2) is 24.3 Å². The zero-order valence-corrected chi connectivity index (χ0v) is 18.5. The van der Waals surface area contributed by atoms with E-state index in [0.29, 0.717) is 41.0 Å². The van der Waals surface area contributed by atoms with Gasteiger partial charge in [-0.05, 0) is 56.9 Å². The van der Waals surface area contributed by atoms with Crippen molar-refractivity contribution in [2.75, 3.05) is 11.9 Å². The number of hydrogen-bond donors (Lipinski definition) is 2. The first-order valence-electron chi connectivity index (χ1n) is 10.9. The van der Waals surface area contributed by atoms with E-state index < -0.39 is 17.6 Å². The van der Waals surface area contributed by atoms with Gasteiger partial charge in [-0.3, -0.25) is 9.59 Å². The second-order valence-electron chi connectivity index (χ2n) is 9.29. The monoisotopic (exact) mass is 447 g/mol. The van der Waals surface area contributed by atoms with Crippen LogP contribution in [0.2, 0.25) is 0 Å². The van der Waals surface area contributed by atoms with Gasteiger partial charge in [0.05, 0.1) is 6.54 Å². The van der Waals surface area contributed by atoms with Crippen molar-refractivity contribution in [3.05, 3.63) is 52.3 Å². The first kappa shape index (κ1) is 22.6. The van der Waals surface area contributed by atoms with E-state index in [1.165, 1.54) is 6.92 Å². The summed E-state index contributed by atoms with van der Waals surface area (Å²) in [5.74, 6) is -3.23. The van der Waals surface area contributed by atoms with Crippen LogP contribution in [-0.2, 0) is 13.0 Å². The van der Waals surface area contributed by atoms with Crippen LogP contribution in [0.3, 0.4) is 0 Å². The van der Waals surface area contributed by atoms with Crippen LogP contribution in [0, 0.1) is 6.92 Å². The summed E-state index contributed by atoms with van der Waals surface area (Å²) in [6.45, 7) is 5.45. The SMILES string of the molecule is Cc1c(C(=O)CNC2(C)CC(F)(F)C2)c2n(c1C(=O)Nc1cccc(C(C)F)c1)CCC2. The molecule has 2 heterocycles. The lowest BCUT2D eigenvalue weighted by Gasteiger charge is -2.45. The molecule has 1 unspecified atom stereocenters. The molecule has 1 amide bonds. The number of alkyl halides is 3. The number of amides is 1. The number of rotatable bonds is 7. The molecule has 8 heteroatoms. The molecule has 2 aromatic rings. The van der Waals surface area contributed by atoms with Gasteiger partial charge in [0, 0.05) is 41.9 Å². The summed E-state index contributed by atoms with van der Waals surface area (Å²) in [7, 11) is 0. The van der Waals surface area contributed by atoms with Crippen LogP contribution < -0.4 is 10.6 Å². The number of fused-ring (bicyclic) bond motifs is 1. The Bertz CT molecular complexity index is 1070. The van der Waals surface area contributed by atoms with E-state index in [9.17, 15) is 22.8 Å². The first-order chi connectivity index (χ1) is 15.0. The third kappa shape index (κ3) is 4.20. The first-order valence-corrected chi connectivity index (χ1v) is 10.9. The van der Waals surface area contributed by atoms with Crippen LogP contribution in [0.25, 0.3) is 0 Å². The van der Waals surface area contributed by atoms with Gasteiger partial charge in [0.2, 0.25) is 0 Å². The Kier molecular flexibility index (Phi) is 5.69. The number of benzene rings is 1. The number of anilines is 1. The average Bonchev–Trinajstić information content (AvgIpc) is 3.24. The molecule has 1 aromatic carbocycles. The van der Waals surface area contributed by atoms with Gasteiger partial charge >= 0.3 is 0 Å². The molecule has 1 atom stereocenters. The standard InChI is InChI=1S/C24H28F3N3O2/c1-14-20(19(31)11-28-23(3)12-24(26,27)13-23)18-8-5-9-30(18)21(14)22(32)29-17-7-4-6-16(10-17)15(2)25/h4,6-7,10,15,28H,5,8-9,11-13H2,1-3H3,(H,29,32). The van der Waals surface area contributed by atoms with E-state index >= 15 is 0 Å². The number of hydrogen-bond acceptors (Lipinski definition) is 3. The molecule has 2 N–H and O–H groups in total. The summed E-state index contributed by atoms with van der Waals surface area (Å²) in [5.41, 5.74) is 2.52. The average molecular weight is 448 g/mol. The molecule has 1 aliphatic carbocycles. The molecule has 0 spiro atoms. The highest BCUT2D eigenvalue weighted by molar-refractivity contribution is 6.09. The van der Waals surface area contributed by atoms with Crippen molar-refractivity contribution in [1.29, 1.82) is 0 Å². The Morgan fingerprint density at radius 3 is 2.62 bits per heavy atom. The maximum Gasteiger partial charge on any atom is 0.272 e. The van der Waals surface area contributed by atoms with Crippen molar-refractivity contribution in [3.63, 3.8) is 0 Å². The molecule has 0 radical (unpaired) electrons. The smallest absolute Gasteiger partial charge is 0.272 e. The molecule has 1 aromatic heterocycles. The highest BCUT2D eigenvalue weighted by Gasteiger charge is 2.53. The number of carbonyl (C=O) groups excluding carboxylic acids is 2. The quantitative estimate of drug-likeness (QED) is 0.588. The van der Waals surface area contributed by atoms with E-state index in [2.05, 4.69) is 10.6 Å². The van der Waals surface area contributed by atoms with Crippen LogP contribution >= 0.6 is 0 Å². The molecule has 1 fully saturated rings. The summed E-state index contributed by atoms with van der Waals surface area (Å²) in [4.78, 5) is 26.2. The van der Waals surface area contributed by atoms with Crippen molar-refractivity contribution < 1.29 is 22.8 Å². The van der Waals surface area contributed by atoms with Gasteiger partial charge in [0.25, 0.3) is 11.8 Å². The van der Waals surface area contributed by atoms with Gasteiger partial charge in [0.1, 0.15) is 11.9 Å². The topological polar surface area (TPSA) is 63.1 Å². The Labute approximate surface area is 185 Å². The molecule has 1 saturated carbocycles. The van der Waals surface area contributed by atoms with Gasteiger partial charge < -0.3 is 15.2 Å². The lowest BCUT2D eigenvalue weighted by Crippen LogP contribution is -2.59. The molecular weight excluding hydrogens is 419 g/mol. The fourth-order valence-electron chi connectivity index (χ4n) is 5.03. The number of nitrogens with zero attached hydrogens (tertiary/aromatic N) is 1. The van der Waals surface area contributed by atoms with Crippen molar-refractivity contribution in [3.8, 4) is 0 Å². The number of ketones is 1. The van der Waals surface area contributed by atoms with Crippen molar-refractivity contribution >= 4 is 17.4 Å². The van der Waals surface area contributed by atoms with Gasteiger partial charge in [-0.15, -0.1) is 0 Å². The number of nitrogens with one attached hydrogen (secondary N) is 2. The third-order valence-corrected chi connectivity index (χ3v) is 6.48. The van der Waals surface area contributed by atoms with Crippen LogP contribution in [0.1, 0.15) is 76.9 Å². The Hall–Kier alpha value is -2.61. The molecule has 32 heavy (non-hydrogen) atoms. The fourth-order valence-corrected chi connectivity index (χ4v) is 5.03. The minimum atomic E-state index is -2.68. The van der Waals surface area contributed by atoms with E-state index in [0.717, 1.165) is 12.1 Å². The third-order valence-electron chi connectivity index (χ3n) is 6.48. The largest absolute Gasteiger partial charge is 0.340 e. The molecule has 4 rings (SSSR count). The molecule has 1 aliphatic heterocycles. The fraction of sp³-hybridized carbons (Fsp3) is 0.500. The van der Waals surface area contributed by atoms with E-state index in [4.69, 9.17) is 0 Å². The Morgan fingerprint density at radius 1 is 1.25 bits per heavy atom. The van der Waals surface area contributed by atoms with Gasteiger partial charge in [-0.1, -0.05) is 12.1 Å². The van der Waals surface area contributed by atoms with Gasteiger partial charge in [-0.25, -0.2) is 13.2 Å². The molecule has 172 valence electrons. The van der Waals surface area contributed by atoms with Crippen molar-refractivity contribution in [2.24, 2.45) is 0 Å². The maximum atomic E-state index is 13.6. The maximum absolute atomic E-state index is 13.6. The van der Waals surface area contributed by atoms with Gasteiger partial charge in [0.15, 0.2) is 5.78 Å². The lowest BCUT2D eigenvalue weighted by molar-refractivity contribution is -0.127. The number of Topliss-reactive ketones (excluding diaryl/α,β-unsaturated/α-hetero) is 1. The van der Waals surface area contributed by atoms with Crippen LogP contribution in [0.4, 0.5) is 18.9 Å². The second-order valence-corrected chi connectivity index (χ2v) is 9.29. The minimum Gasteiger partial charge on any atom is -0.340 e. The molecular formula is C24H28F3N3O2. The van der Waals surface area contributed by atoms with Crippen molar-refractivity contribution in [2.45, 2.75) is 70.6 Å². The summed E-state index contributed by atoms with van der Waals surface area (Å²) in [6.07, 6.45) is -0.225. The Morgan fingerprint density at radius 2 is 1.97 bits per heavy atom. The lowest BCUT2D eigenvalue weighted by atomic mass is 9.75. The van der Waals surface area contributed by atoms with E-state index in [-0.39, 0.29) is 31.1 Å². The molecule has 0 bridgehead atoms. The van der Waals surface area contributed by atoms with Crippen molar-refractivity contribution in [1.82, 2.24) is 9.88 Å². The molecule has 5 nitrogen and oxygen atoms in total. The van der Waals surface area contributed by atoms with Gasteiger partial charge in [-0.2, -0.15) is 0 Å². The summed E-state index contributed by atoms with van der Waals surface area (Å²) < 4.78 is 42.1. The Balaban J connectivity index is 1.54. The van der Waals surface area contributed by atoms with E-state index in [1.54, 1.807) is 38.1 Å². The summed E-state index contributed by atoms with van der Waals surface area (Å²) in [5, 5.41) is 5.81. The second kappa shape index (κ2) is 8.06. The highest BCUT2D eigenvalue weighted by atomic mass is 19.3. The predicted octanol–water partition coefficient (Wildman–Crippen LogP) is 4.99. The molecule has 2 aliphatic rings. The number of aromatic nitrogens is 1. The summed E-state index contributed by atoms with van der Waals surface area (Å²) in [6, 6.07) is 6.62. The molecule has 0 saturated heterocycles. The zero-order valence-electron chi connectivity index (χ0n) is 18.5. The zero-order chi connectivity index (χ0) is 23.3. The number of carbonyl (C=O) groups is 2. The highest BCUT2D eigenvalue weighted by Crippen LogP contribution is 2.45. The number of halogens is 3. The van der Waals surface area contributed by atoms with E-state index in [1.807, 2.05) is 4.57 Å². The van der Waals surface area contributed by atoms with Crippen LogP contribution in [0.5, 0.6) is 0 Å². The van der Waals surface area contributed by atoms with Crippen LogP contribution in [-0.4, -0.2) is 34.3 Å². The predicted molar refractivity (Wildman–Crippen MR) is 116 cm³/mol. The summed E-state index contributed by atoms with van der Waals surface area (Å²) >= 11 is 0.